The molecule has 1 atom stereocenters. The molecular formula is C52H90O6. The Morgan fingerprint density at radius 1 is 0.362 bits per heavy atom. The zero-order valence-corrected chi connectivity index (χ0v) is 38.0. The molecule has 0 saturated carbocycles. The lowest BCUT2D eigenvalue weighted by atomic mass is 10.0. The second-order valence-corrected chi connectivity index (χ2v) is 16.0. The van der Waals surface area contributed by atoms with E-state index in [0.717, 1.165) is 96.3 Å². The van der Waals surface area contributed by atoms with Gasteiger partial charge in [-0.3, -0.25) is 14.4 Å². The normalized spacial score (nSPS) is 12.5. The maximum atomic E-state index is 12.7. The Morgan fingerprint density at radius 2 is 0.672 bits per heavy atom. The minimum atomic E-state index is -0.791. The number of allylic oxidation sites excluding steroid dienone is 10. The highest BCUT2D eigenvalue weighted by molar-refractivity contribution is 5.71. The third-order valence-electron chi connectivity index (χ3n) is 10.3. The van der Waals surface area contributed by atoms with Crippen LogP contribution in [0.5, 0.6) is 0 Å². The molecule has 0 aromatic rings. The number of rotatable bonds is 43. The van der Waals surface area contributed by atoms with Gasteiger partial charge in [-0.1, -0.05) is 191 Å². The van der Waals surface area contributed by atoms with E-state index in [0.29, 0.717) is 19.3 Å². The molecule has 0 spiro atoms. The molecule has 0 radical (unpaired) electrons. The molecule has 0 N–H and O–H groups in total. The second-order valence-electron chi connectivity index (χ2n) is 16.0. The summed E-state index contributed by atoms with van der Waals surface area (Å²) in [5, 5.41) is 0. The van der Waals surface area contributed by atoms with E-state index in [4.69, 9.17) is 14.2 Å². The fraction of sp³-hybridized carbons (Fsp3) is 0.750. The van der Waals surface area contributed by atoms with Crippen LogP contribution in [0, 0.1) is 0 Å². The SMILES string of the molecule is CC/C=C\C/C=C\C/C=C\C/C=C\CCCCC(=O)OC[C@H](COC(=O)CCCCCCCCCCCCCC)OC(=O)CCCCCCC/C=C\CCCCCC. The van der Waals surface area contributed by atoms with E-state index < -0.39 is 6.10 Å². The molecule has 0 heterocycles. The van der Waals surface area contributed by atoms with Gasteiger partial charge >= 0.3 is 17.9 Å². The van der Waals surface area contributed by atoms with Crippen LogP contribution in [-0.2, 0) is 28.6 Å². The number of ether oxygens (including phenoxy) is 3. The average molecular weight is 811 g/mol. The Bertz CT molecular complexity index is 1070. The first kappa shape index (κ1) is 55.1. The predicted octanol–water partition coefficient (Wildman–Crippen LogP) is 15.7. The monoisotopic (exact) mass is 811 g/mol. The largest absolute Gasteiger partial charge is 0.462 e. The maximum Gasteiger partial charge on any atom is 0.306 e. The molecule has 0 fully saturated rings. The van der Waals surface area contributed by atoms with Gasteiger partial charge < -0.3 is 14.2 Å². The molecule has 0 unspecified atom stereocenters. The van der Waals surface area contributed by atoms with Gasteiger partial charge in [0.05, 0.1) is 0 Å². The first-order valence-electron chi connectivity index (χ1n) is 24.3. The fourth-order valence-corrected chi connectivity index (χ4v) is 6.60. The molecule has 0 saturated heterocycles. The first-order chi connectivity index (χ1) is 28.5. The van der Waals surface area contributed by atoms with Crippen molar-refractivity contribution in [1.82, 2.24) is 0 Å². The number of carbonyl (C=O) groups excluding carboxylic acids is 3. The molecule has 0 aliphatic carbocycles. The van der Waals surface area contributed by atoms with Crippen molar-refractivity contribution in [3.63, 3.8) is 0 Å². The van der Waals surface area contributed by atoms with E-state index in [1.54, 1.807) is 0 Å². The summed E-state index contributed by atoms with van der Waals surface area (Å²) in [7, 11) is 0. The highest BCUT2D eigenvalue weighted by Crippen LogP contribution is 2.14. The van der Waals surface area contributed by atoms with Gasteiger partial charge in [0, 0.05) is 19.3 Å². The number of carbonyl (C=O) groups is 3. The van der Waals surface area contributed by atoms with Gasteiger partial charge in [0.2, 0.25) is 0 Å². The minimum Gasteiger partial charge on any atom is -0.462 e. The lowest BCUT2D eigenvalue weighted by molar-refractivity contribution is -0.167. The summed E-state index contributed by atoms with van der Waals surface area (Å²) in [5.74, 6) is -0.941. The molecule has 6 nitrogen and oxygen atoms in total. The van der Waals surface area contributed by atoms with Crippen molar-refractivity contribution in [3.8, 4) is 0 Å². The van der Waals surface area contributed by atoms with Gasteiger partial charge in [-0.2, -0.15) is 0 Å². The lowest BCUT2D eigenvalue weighted by Crippen LogP contribution is -2.30. The summed E-state index contributed by atoms with van der Waals surface area (Å²) in [5.41, 5.74) is 0. The van der Waals surface area contributed by atoms with Crippen LogP contribution >= 0.6 is 0 Å². The third-order valence-corrected chi connectivity index (χ3v) is 10.3. The van der Waals surface area contributed by atoms with Crippen LogP contribution in [0.2, 0.25) is 0 Å². The van der Waals surface area contributed by atoms with E-state index >= 15 is 0 Å². The standard InChI is InChI=1S/C52H90O6/c1-4-7-10-13-16-19-22-25-26-28-30-33-36-39-42-45-51(54)57-48-49(47-56-50(53)44-41-38-35-32-29-24-21-18-15-12-9-6-3)58-52(55)46-43-40-37-34-31-27-23-20-17-14-11-8-5-2/h7,10,16,19-20,23,25-26,30,33,49H,4-6,8-9,11-15,17-18,21-22,24,27-29,31-32,34-48H2,1-3H3/b10-7-,19-16-,23-20-,26-25-,33-30-/t49-/m0/s1. The molecule has 0 bridgehead atoms. The molecule has 0 amide bonds. The summed E-state index contributed by atoms with van der Waals surface area (Å²) < 4.78 is 16.7. The molecule has 0 aromatic heterocycles. The number of unbranched alkanes of at least 4 members (excludes halogenated alkanes) is 22. The zero-order chi connectivity index (χ0) is 42.3. The third kappa shape index (κ3) is 44.2. The van der Waals surface area contributed by atoms with Gasteiger partial charge in [0.1, 0.15) is 13.2 Å². The summed E-state index contributed by atoms with van der Waals surface area (Å²) in [6, 6.07) is 0. The molecule has 0 aliphatic heterocycles. The molecule has 58 heavy (non-hydrogen) atoms. The molecule has 0 aromatic carbocycles. The summed E-state index contributed by atoms with van der Waals surface area (Å²) in [6.45, 7) is 6.46. The maximum absolute atomic E-state index is 12.7. The van der Waals surface area contributed by atoms with Crippen molar-refractivity contribution >= 4 is 17.9 Å². The van der Waals surface area contributed by atoms with Gasteiger partial charge in [0.15, 0.2) is 6.10 Å². The Morgan fingerprint density at radius 3 is 1.12 bits per heavy atom. The topological polar surface area (TPSA) is 78.9 Å². The molecule has 334 valence electrons. The van der Waals surface area contributed by atoms with Crippen molar-refractivity contribution in [2.75, 3.05) is 13.2 Å². The van der Waals surface area contributed by atoms with Crippen LogP contribution in [0.1, 0.15) is 233 Å². The van der Waals surface area contributed by atoms with Gasteiger partial charge in [-0.05, 0) is 83.5 Å². The zero-order valence-electron chi connectivity index (χ0n) is 38.0. The molecular weight excluding hydrogens is 721 g/mol. The van der Waals surface area contributed by atoms with Gasteiger partial charge in [-0.15, -0.1) is 0 Å². The van der Waals surface area contributed by atoms with Crippen molar-refractivity contribution in [3.05, 3.63) is 60.8 Å². The summed E-state index contributed by atoms with van der Waals surface area (Å²) >= 11 is 0. The van der Waals surface area contributed by atoms with Gasteiger partial charge in [-0.25, -0.2) is 0 Å². The van der Waals surface area contributed by atoms with Crippen LogP contribution in [-0.4, -0.2) is 37.2 Å². The first-order valence-corrected chi connectivity index (χ1v) is 24.3. The summed E-state index contributed by atoms with van der Waals surface area (Å²) in [4.78, 5) is 37.8. The van der Waals surface area contributed by atoms with Gasteiger partial charge in [0.25, 0.3) is 0 Å². The van der Waals surface area contributed by atoms with Crippen molar-refractivity contribution < 1.29 is 28.6 Å². The smallest absolute Gasteiger partial charge is 0.306 e. The molecule has 0 aliphatic rings. The number of hydrogen-bond donors (Lipinski definition) is 0. The van der Waals surface area contributed by atoms with E-state index in [2.05, 4.69) is 81.5 Å². The number of esters is 3. The average Bonchev–Trinajstić information content (AvgIpc) is 3.22. The summed E-state index contributed by atoms with van der Waals surface area (Å²) in [6.07, 6.45) is 56.3. The Balaban J connectivity index is 4.45. The Hall–Kier alpha value is -2.89. The van der Waals surface area contributed by atoms with Crippen LogP contribution in [0.3, 0.4) is 0 Å². The van der Waals surface area contributed by atoms with E-state index in [1.165, 1.54) is 96.3 Å². The molecule has 6 heteroatoms. The minimum absolute atomic E-state index is 0.0892. The van der Waals surface area contributed by atoms with Crippen molar-refractivity contribution in [1.29, 1.82) is 0 Å². The highest BCUT2D eigenvalue weighted by Gasteiger charge is 2.19. The van der Waals surface area contributed by atoms with E-state index in [1.807, 2.05) is 0 Å². The van der Waals surface area contributed by atoms with Crippen LogP contribution in [0.4, 0.5) is 0 Å². The molecule has 0 rings (SSSR count). The number of hydrogen-bond acceptors (Lipinski definition) is 6. The van der Waals surface area contributed by atoms with Crippen molar-refractivity contribution in [2.45, 2.75) is 239 Å². The van der Waals surface area contributed by atoms with E-state index in [-0.39, 0.29) is 31.1 Å². The second kappa shape index (κ2) is 46.8. The van der Waals surface area contributed by atoms with Crippen molar-refractivity contribution in [2.24, 2.45) is 0 Å². The van der Waals surface area contributed by atoms with Crippen LogP contribution in [0.25, 0.3) is 0 Å². The van der Waals surface area contributed by atoms with Crippen LogP contribution < -0.4 is 0 Å². The quantitative estimate of drug-likeness (QED) is 0.0264. The van der Waals surface area contributed by atoms with E-state index in [9.17, 15) is 14.4 Å². The highest BCUT2D eigenvalue weighted by atomic mass is 16.6. The Labute approximate surface area is 358 Å². The predicted molar refractivity (Wildman–Crippen MR) is 247 cm³/mol. The van der Waals surface area contributed by atoms with Crippen LogP contribution in [0.15, 0.2) is 60.8 Å². The fourth-order valence-electron chi connectivity index (χ4n) is 6.60. The lowest BCUT2D eigenvalue weighted by Gasteiger charge is -2.18. The Kier molecular flexibility index (Phi) is 44.5.